The summed E-state index contributed by atoms with van der Waals surface area (Å²) in [6.07, 6.45) is 14.2. The van der Waals surface area contributed by atoms with Gasteiger partial charge in [0.05, 0.1) is 11.9 Å². The van der Waals surface area contributed by atoms with Gasteiger partial charge in [0.25, 0.3) is 0 Å². The van der Waals surface area contributed by atoms with Gasteiger partial charge in [0, 0.05) is 31.7 Å². The monoisotopic (exact) mass is 371 g/mol. The largest absolute Gasteiger partial charge is 0.469 e. The fourth-order valence-corrected chi connectivity index (χ4v) is 5.73. The maximum absolute atomic E-state index is 6.10. The van der Waals surface area contributed by atoms with Crippen LogP contribution in [0.2, 0.25) is 0 Å². The number of furan rings is 1. The van der Waals surface area contributed by atoms with Gasteiger partial charge in [-0.05, 0) is 75.3 Å². The normalized spacial score (nSPS) is 34.6. The Kier molecular flexibility index (Phi) is 4.89. The standard InChI is InChI=1S/C22H33N3O2/c1-3-19(26-11-1)6-10-23-21(25-20-14-16-4-5-17(20)13-16)24-18-7-12-27-22(15-18)8-2-9-22/h1,3,11,16-18,20H,2,4-10,12-15H2,(H2,23,24,25). The zero-order valence-electron chi connectivity index (χ0n) is 16.3. The average Bonchev–Trinajstić information content (AvgIpc) is 3.39. The second-order valence-corrected chi connectivity index (χ2v) is 9.20. The molecule has 1 spiro atoms. The molecule has 1 aliphatic heterocycles. The van der Waals surface area contributed by atoms with Crippen molar-refractivity contribution in [2.75, 3.05) is 13.2 Å². The van der Waals surface area contributed by atoms with Crippen LogP contribution in [0, 0.1) is 11.8 Å². The Hall–Kier alpha value is -1.49. The number of fused-ring (bicyclic) bond motifs is 2. The van der Waals surface area contributed by atoms with Gasteiger partial charge < -0.3 is 19.8 Å². The van der Waals surface area contributed by atoms with Crippen LogP contribution < -0.4 is 10.6 Å². The molecule has 5 nitrogen and oxygen atoms in total. The van der Waals surface area contributed by atoms with E-state index in [2.05, 4.69) is 10.6 Å². The Labute approximate surface area is 162 Å². The first-order chi connectivity index (χ1) is 13.3. The van der Waals surface area contributed by atoms with Crippen molar-refractivity contribution in [2.24, 2.45) is 16.8 Å². The van der Waals surface area contributed by atoms with Gasteiger partial charge >= 0.3 is 0 Å². The molecule has 5 rings (SSSR count). The Morgan fingerprint density at radius 1 is 1.19 bits per heavy atom. The molecule has 4 aliphatic rings. The summed E-state index contributed by atoms with van der Waals surface area (Å²) in [7, 11) is 0. The van der Waals surface area contributed by atoms with E-state index in [-0.39, 0.29) is 5.60 Å². The summed E-state index contributed by atoms with van der Waals surface area (Å²) >= 11 is 0. The van der Waals surface area contributed by atoms with E-state index >= 15 is 0 Å². The van der Waals surface area contributed by atoms with Crippen molar-refractivity contribution in [3.8, 4) is 0 Å². The summed E-state index contributed by atoms with van der Waals surface area (Å²) in [5.74, 6) is 3.82. The molecule has 4 unspecified atom stereocenters. The Bertz CT molecular complexity index is 653. The molecule has 2 bridgehead atoms. The molecule has 0 amide bonds. The quantitative estimate of drug-likeness (QED) is 0.613. The first-order valence-electron chi connectivity index (χ1n) is 11.0. The van der Waals surface area contributed by atoms with Crippen molar-refractivity contribution in [1.82, 2.24) is 10.6 Å². The molecule has 0 radical (unpaired) electrons. The summed E-state index contributed by atoms with van der Waals surface area (Å²) in [5.41, 5.74) is 0.168. The summed E-state index contributed by atoms with van der Waals surface area (Å²) in [6, 6.07) is 5.07. The van der Waals surface area contributed by atoms with Gasteiger partial charge in [-0.25, -0.2) is 0 Å². The van der Waals surface area contributed by atoms with E-state index in [4.69, 9.17) is 14.1 Å². The third-order valence-corrected chi connectivity index (χ3v) is 7.37. The van der Waals surface area contributed by atoms with Gasteiger partial charge in [0.1, 0.15) is 5.76 Å². The number of rotatable bonds is 5. The van der Waals surface area contributed by atoms with Crippen molar-refractivity contribution in [3.05, 3.63) is 24.2 Å². The maximum atomic E-state index is 6.10. The second-order valence-electron chi connectivity index (χ2n) is 9.20. The summed E-state index contributed by atoms with van der Waals surface area (Å²) in [5, 5.41) is 7.58. The number of aliphatic imine (C=N–C) groups is 1. The van der Waals surface area contributed by atoms with E-state index in [1.165, 1.54) is 44.9 Å². The third-order valence-electron chi connectivity index (χ3n) is 7.37. The van der Waals surface area contributed by atoms with E-state index in [1.807, 2.05) is 12.1 Å². The highest BCUT2D eigenvalue weighted by molar-refractivity contribution is 5.80. The van der Waals surface area contributed by atoms with E-state index < -0.39 is 0 Å². The number of ether oxygens (including phenoxy) is 1. The van der Waals surface area contributed by atoms with Crippen LogP contribution >= 0.6 is 0 Å². The first kappa shape index (κ1) is 17.6. The van der Waals surface area contributed by atoms with Crippen LogP contribution in [0.25, 0.3) is 0 Å². The molecule has 1 aromatic heterocycles. The lowest BCUT2D eigenvalue weighted by molar-refractivity contribution is -0.134. The summed E-state index contributed by atoms with van der Waals surface area (Å²) in [6.45, 7) is 1.64. The molecule has 27 heavy (non-hydrogen) atoms. The highest BCUT2D eigenvalue weighted by atomic mass is 16.5. The SMILES string of the molecule is c1coc(CCN=C(NC2CCOC3(CCC3)C2)NC2CC3CCC2C3)c1. The lowest BCUT2D eigenvalue weighted by Gasteiger charge is -2.47. The van der Waals surface area contributed by atoms with E-state index in [0.29, 0.717) is 12.1 Å². The number of guanidine groups is 1. The van der Waals surface area contributed by atoms with Gasteiger partial charge in [-0.2, -0.15) is 0 Å². The van der Waals surface area contributed by atoms with E-state index in [9.17, 15) is 0 Å². The second kappa shape index (κ2) is 7.50. The van der Waals surface area contributed by atoms with Gasteiger partial charge in [-0.3, -0.25) is 4.99 Å². The number of nitrogens with one attached hydrogen (secondary N) is 2. The smallest absolute Gasteiger partial charge is 0.191 e. The van der Waals surface area contributed by atoms with Crippen LogP contribution in [0.15, 0.2) is 27.8 Å². The van der Waals surface area contributed by atoms with Crippen LogP contribution in [-0.2, 0) is 11.2 Å². The fraction of sp³-hybridized carbons (Fsp3) is 0.773. The zero-order chi connectivity index (χ0) is 18.1. The topological polar surface area (TPSA) is 58.8 Å². The molecule has 5 heteroatoms. The van der Waals surface area contributed by atoms with Crippen molar-refractivity contribution < 1.29 is 9.15 Å². The molecule has 2 heterocycles. The van der Waals surface area contributed by atoms with Crippen molar-refractivity contribution in [3.63, 3.8) is 0 Å². The van der Waals surface area contributed by atoms with E-state index in [1.54, 1.807) is 6.26 Å². The molecule has 0 aromatic carbocycles. The molecular formula is C22H33N3O2. The van der Waals surface area contributed by atoms with Crippen molar-refractivity contribution in [1.29, 1.82) is 0 Å². The van der Waals surface area contributed by atoms with Gasteiger partial charge in [0.2, 0.25) is 0 Å². The van der Waals surface area contributed by atoms with Crippen LogP contribution in [-0.4, -0.2) is 36.8 Å². The zero-order valence-corrected chi connectivity index (χ0v) is 16.3. The Morgan fingerprint density at radius 3 is 2.85 bits per heavy atom. The van der Waals surface area contributed by atoms with Gasteiger partial charge in [-0.1, -0.05) is 6.42 Å². The predicted octanol–water partition coefficient (Wildman–Crippen LogP) is 3.65. The van der Waals surface area contributed by atoms with Crippen LogP contribution in [0.3, 0.4) is 0 Å². The molecule has 4 atom stereocenters. The predicted molar refractivity (Wildman–Crippen MR) is 106 cm³/mol. The maximum Gasteiger partial charge on any atom is 0.191 e. The number of nitrogens with zero attached hydrogens (tertiary/aromatic N) is 1. The molecule has 1 saturated heterocycles. The number of hydrogen-bond donors (Lipinski definition) is 2. The minimum atomic E-state index is 0.168. The Balaban J connectivity index is 1.22. The van der Waals surface area contributed by atoms with Crippen LogP contribution in [0.4, 0.5) is 0 Å². The van der Waals surface area contributed by atoms with Crippen molar-refractivity contribution >= 4 is 5.96 Å². The molecule has 3 aliphatic carbocycles. The molecule has 148 valence electrons. The van der Waals surface area contributed by atoms with Crippen molar-refractivity contribution in [2.45, 2.75) is 81.9 Å². The molecule has 3 saturated carbocycles. The minimum absolute atomic E-state index is 0.168. The lowest BCUT2D eigenvalue weighted by Crippen LogP contribution is -2.55. The molecule has 4 fully saturated rings. The number of hydrogen-bond acceptors (Lipinski definition) is 3. The summed E-state index contributed by atoms with van der Waals surface area (Å²) < 4.78 is 11.6. The highest BCUT2D eigenvalue weighted by Gasteiger charge is 2.43. The minimum Gasteiger partial charge on any atom is -0.469 e. The fourth-order valence-electron chi connectivity index (χ4n) is 5.73. The molecule has 1 aromatic rings. The lowest BCUT2D eigenvalue weighted by atomic mass is 9.74. The molecule has 2 N–H and O–H groups in total. The van der Waals surface area contributed by atoms with Gasteiger partial charge in [-0.15, -0.1) is 0 Å². The third kappa shape index (κ3) is 3.89. The van der Waals surface area contributed by atoms with Gasteiger partial charge in [0.15, 0.2) is 5.96 Å². The van der Waals surface area contributed by atoms with Crippen LogP contribution in [0.1, 0.15) is 63.5 Å². The van der Waals surface area contributed by atoms with E-state index in [0.717, 1.165) is 56.0 Å². The molecular weight excluding hydrogens is 338 g/mol. The van der Waals surface area contributed by atoms with Crippen LogP contribution in [0.5, 0.6) is 0 Å². The first-order valence-corrected chi connectivity index (χ1v) is 11.0. The summed E-state index contributed by atoms with van der Waals surface area (Å²) in [4.78, 5) is 4.92. The average molecular weight is 372 g/mol. The Morgan fingerprint density at radius 2 is 2.15 bits per heavy atom. The highest BCUT2D eigenvalue weighted by Crippen LogP contribution is 2.44.